The van der Waals surface area contributed by atoms with Crippen molar-refractivity contribution in [2.45, 2.75) is 17.0 Å². The van der Waals surface area contributed by atoms with E-state index in [1.807, 2.05) is 22.6 Å². The Morgan fingerprint density at radius 3 is 2.39 bits per heavy atom. The summed E-state index contributed by atoms with van der Waals surface area (Å²) in [6.07, 6.45) is -4.43. The van der Waals surface area contributed by atoms with Crippen LogP contribution in [0.1, 0.15) is 22.0 Å². The molecule has 2 amide bonds. The van der Waals surface area contributed by atoms with Crippen molar-refractivity contribution in [3.05, 3.63) is 29.3 Å². The van der Waals surface area contributed by atoms with Crippen LogP contribution in [0.15, 0.2) is 18.2 Å². The van der Waals surface area contributed by atoms with Crippen molar-refractivity contribution >= 4 is 34.3 Å². The number of benzene rings is 1. The lowest BCUT2D eigenvalue weighted by Gasteiger charge is -2.14. The molecule has 100 valence electrons. The fraction of sp³-hybridized carbons (Fsp3) is 0.364. The topological polar surface area (TPSA) is 41.1 Å². The van der Waals surface area contributed by atoms with E-state index in [0.717, 1.165) is 12.1 Å². The second-order valence-corrected chi connectivity index (χ2v) is 5.53. The van der Waals surface area contributed by atoms with Crippen molar-refractivity contribution in [2.24, 2.45) is 0 Å². The number of urea groups is 1. The molecule has 1 unspecified atom stereocenters. The largest absolute Gasteiger partial charge is 0.416 e. The number of rotatable bonds is 2. The number of nitrogens with one attached hydrogen (secondary N) is 2. The molecule has 0 radical (unpaired) electrons. The second kappa shape index (κ2) is 5.77. The first-order valence-corrected chi connectivity index (χ1v) is 6.33. The summed E-state index contributed by atoms with van der Waals surface area (Å²) in [6, 6.07) is 2.98. The van der Waals surface area contributed by atoms with E-state index >= 15 is 0 Å². The molecule has 3 nitrogen and oxygen atoms in total. The minimum Gasteiger partial charge on any atom is -0.341 e. The number of carbonyl (C=O) groups excluding carboxylic acids is 1. The van der Waals surface area contributed by atoms with Gasteiger partial charge in [0, 0.05) is 16.7 Å². The smallest absolute Gasteiger partial charge is 0.341 e. The van der Waals surface area contributed by atoms with Gasteiger partial charge in [-0.2, -0.15) is 13.2 Å². The highest BCUT2D eigenvalue weighted by molar-refractivity contribution is 14.1. The van der Waals surface area contributed by atoms with Gasteiger partial charge in [0.15, 0.2) is 0 Å². The maximum absolute atomic E-state index is 12.7. The molecule has 7 heteroatoms. The highest BCUT2D eigenvalue weighted by Crippen LogP contribution is 2.35. The van der Waals surface area contributed by atoms with E-state index in [0.29, 0.717) is 5.56 Å². The number of halogens is 4. The number of alkyl halides is 4. The van der Waals surface area contributed by atoms with Crippen LogP contribution in [0.5, 0.6) is 0 Å². The second-order valence-electron chi connectivity index (χ2n) is 3.66. The van der Waals surface area contributed by atoms with E-state index in [-0.39, 0.29) is 9.61 Å². The Morgan fingerprint density at radius 1 is 1.33 bits per heavy atom. The Balaban J connectivity index is 3.18. The standard InChI is InChI=1S/C11H12F3IN2O/c1-6(15)7-3-8(11(12,13)14)5-9(4-7)17-10(18)16-2/h3-6H,1-2H3,(H2,16,17,18). The molecule has 2 N–H and O–H groups in total. The number of carbonyl (C=O) groups is 1. The SMILES string of the molecule is CNC(=O)Nc1cc(C(C)I)cc(C(F)(F)F)c1. The third-order valence-corrected chi connectivity index (χ3v) is 2.95. The van der Waals surface area contributed by atoms with Gasteiger partial charge in [-0.3, -0.25) is 0 Å². The molecule has 0 bridgehead atoms. The fourth-order valence-corrected chi connectivity index (χ4v) is 1.67. The Labute approximate surface area is 116 Å². The summed E-state index contributed by atoms with van der Waals surface area (Å²) in [5.74, 6) is 0. The molecule has 1 aromatic rings. The van der Waals surface area contributed by atoms with Crippen LogP contribution >= 0.6 is 22.6 Å². The summed E-state index contributed by atoms with van der Waals surface area (Å²) in [5.41, 5.74) is -0.130. The molecule has 0 saturated carbocycles. The fourth-order valence-electron chi connectivity index (χ4n) is 1.31. The Morgan fingerprint density at radius 2 is 1.94 bits per heavy atom. The van der Waals surface area contributed by atoms with E-state index < -0.39 is 17.8 Å². The molecule has 1 atom stereocenters. The molecule has 18 heavy (non-hydrogen) atoms. The lowest BCUT2D eigenvalue weighted by Crippen LogP contribution is -2.24. The summed E-state index contributed by atoms with van der Waals surface area (Å²) in [6.45, 7) is 1.78. The minimum atomic E-state index is -4.43. The van der Waals surface area contributed by atoms with Gasteiger partial charge in [0.05, 0.1) is 5.56 Å². The van der Waals surface area contributed by atoms with Crippen molar-refractivity contribution in [3.63, 3.8) is 0 Å². The number of amides is 2. The summed E-state index contributed by atoms with van der Waals surface area (Å²) >= 11 is 2.02. The highest BCUT2D eigenvalue weighted by Gasteiger charge is 2.31. The van der Waals surface area contributed by atoms with Crippen LogP contribution in [0.25, 0.3) is 0 Å². The van der Waals surface area contributed by atoms with Crippen molar-refractivity contribution in [1.82, 2.24) is 5.32 Å². The Hall–Kier alpha value is -0.990. The number of hydrogen-bond donors (Lipinski definition) is 2. The molecule has 0 spiro atoms. The van der Waals surface area contributed by atoms with E-state index in [1.54, 1.807) is 6.92 Å². The van der Waals surface area contributed by atoms with Crippen LogP contribution < -0.4 is 10.6 Å². The molecular weight excluding hydrogens is 360 g/mol. The lowest BCUT2D eigenvalue weighted by atomic mass is 10.1. The molecule has 0 aliphatic rings. The summed E-state index contributed by atoms with van der Waals surface area (Å²) in [7, 11) is 1.39. The zero-order valence-corrected chi connectivity index (χ0v) is 11.9. The third kappa shape index (κ3) is 4.04. The third-order valence-electron chi connectivity index (χ3n) is 2.23. The van der Waals surface area contributed by atoms with Gasteiger partial charge in [0.2, 0.25) is 0 Å². The van der Waals surface area contributed by atoms with Crippen LogP contribution in [0, 0.1) is 0 Å². The van der Waals surface area contributed by atoms with E-state index in [9.17, 15) is 18.0 Å². The average molecular weight is 372 g/mol. The molecular formula is C11H12F3IN2O. The number of hydrogen-bond acceptors (Lipinski definition) is 1. The van der Waals surface area contributed by atoms with Gasteiger partial charge in [0.1, 0.15) is 0 Å². The van der Waals surface area contributed by atoms with Crippen molar-refractivity contribution in [1.29, 1.82) is 0 Å². The molecule has 1 rings (SSSR count). The summed E-state index contributed by atoms with van der Waals surface area (Å²) in [4.78, 5) is 11.1. The molecule has 0 saturated heterocycles. The molecule has 0 heterocycles. The predicted octanol–water partition coefficient (Wildman–Crippen LogP) is 3.95. The van der Waals surface area contributed by atoms with Gasteiger partial charge in [0.25, 0.3) is 0 Å². The zero-order valence-electron chi connectivity index (χ0n) is 9.73. The highest BCUT2D eigenvalue weighted by atomic mass is 127. The van der Waals surface area contributed by atoms with Gasteiger partial charge in [-0.1, -0.05) is 22.6 Å². The van der Waals surface area contributed by atoms with Crippen molar-refractivity contribution < 1.29 is 18.0 Å². The molecule has 0 aromatic heterocycles. The molecule has 1 aromatic carbocycles. The van der Waals surface area contributed by atoms with E-state index in [2.05, 4.69) is 10.6 Å². The van der Waals surface area contributed by atoms with Gasteiger partial charge in [-0.05, 0) is 30.7 Å². The monoisotopic (exact) mass is 372 g/mol. The van der Waals surface area contributed by atoms with Gasteiger partial charge >= 0.3 is 12.2 Å². The molecule has 0 aliphatic heterocycles. The maximum Gasteiger partial charge on any atom is 0.416 e. The quantitative estimate of drug-likeness (QED) is 0.599. The van der Waals surface area contributed by atoms with Crippen LogP contribution in [0.2, 0.25) is 0 Å². The van der Waals surface area contributed by atoms with Gasteiger partial charge < -0.3 is 10.6 Å². The zero-order chi connectivity index (χ0) is 13.9. The van der Waals surface area contributed by atoms with Crippen LogP contribution in [-0.4, -0.2) is 13.1 Å². The Kier molecular flexibility index (Phi) is 4.83. The average Bonchev–Trinajstić information content (AvgIpc) is 2.27. The predicted molar refractivity (Wildman–Crippen MR) is 72.0 cm³/mol. The molecule has 0 fully saturated rings. The van der Waals surface area contributed by atoms with Crippen LogP contribution in [-0.2, 0) is 6.18 Å². The first-order chi connectivity index (χ1) is 8.24. The van der Waals surface area contributed by atoms with Crippen LogP contribution in [0.4, 0.5) is 23.7 Å². The minimum absolute atomic E-state index is 0.0878. The lowest BCUT2D eigenvalue weighted by molar-refractivity contribution is -0.137. The Bertz CT molecular complexity index is 446. The first kappa shape index (κ1) is 15.1. The van der Waals surface area contributed by atoms with E-state index in [1.165, 1.54) is 13.1 Å². The maximum atomic E-state index is 12.7. The summed E-state index contributed by atoms with van der Waals surface area (Å²) < 4.78 is 38.0. The summed E-state index contributed by atoms with van der Waals surface area (Å²) in [5, 5.41) is 4.63. The number of anilines is 1. The van der Waals surface area contributed by atoms with Gasteiger partial charge in [-0.15, -0.1) is 0 Å². The first-order valence-electron chi connectivity index (χ1n) is 5.09. The van der Waals surface area contributed by atoms with E-state index in [4.69, 9.17) is 0 Å². The van der Waals surface area contributed by atoms with Crippen molar-refractivity contribution in [3.8, 4) is 0 Å². The van der Waals surface area contributed by atoms with Crippen LogP contribution in [0.3, 0.4) is 0 Å². The van der Waals surface area contributed by atoms with Gasteiger partial charge in [-0.25, -0.2) is 4.79 Å². The normalized spacial score (nSPS) is 13.0. The molecule has 0 aliphatic carbocycles. The van der Waals surface area contributed by atoms with Crippen molar-refractivity contribution in [2.75, 3.05) is 12.4 Å².